The molecule has 1 unspecified atom stereocenters. The Kier molecular flexibility index (Phi) is 8.24. The predicted molar refractivity (Wildman–Crippen MR) is 109 cm³/mol. The van der Waals surface area contributed by atoms with E-state index in [4.69, 9.17) is 14.2 Å². The Bertz CT molecular complexity index is 860. The molecule has 0 N–H and O–H groups in total. The number of esters is 1. The standard InChI is InChI=1S/C22H29FN2O4/c1-6-9-15(2)12-25-20(23)16(3)21(24-25)29-13-17-10-7-8-11-18(17)19(14-27-4)22(26)28-5/h7-8,10-11,14-15H,6,9,12-13H2,1-5H3/b19-14+. The van der Waals surface area contributed by atoms with Crippen LogP contribution in [0.15, 0.2) is 30.5 Å². The number of nitrogens with zero attached hydrogens (tertiary/aromatic N) is 2. The summed E-state index contributed by atoms with van der Waals surface area (Å²) in [7, 11) is 2.77. The van der Waals surface area contributed by atoms with Gasteiger partial charge in [-0.25, -0.2) is 9.48 Å². The van der Waals surface area contributed by atoms with E-state index in [0.717, 1.165) is 18.4 Å². The van der Waals surface area contributed by atoms with E-state index in [2.05, 4.69) is 18.9 Å². The average molecular weight is 404 g/mol. The Hall–Kier alpha value is -2.83. The fourth-order valence-electron chi connectivity index (χ4n) is 3.15. The summed E-state index contributed by atoms with van der Waals surface area (Å²) in [6.07, 6.45) is 3.38. The summed E-state index contributed by atoms with van der Waals surface area (Å²) in [5.41, 5.74) is 1.99. The highest BCUT2D eigenvalue weighted by Crippen LogP contribution is 2.25. The molecule has 0 fully saturated rings. The van der Waals surface area contributed by atoms with Crippen molar-refractivity contribution < 1.29 is 23.4 Å². The molecule has 0 aliphatic rings. The van der Waals surface area contributed by atoms with Crippen molar-refractivity contribution in [3.63, 3.8) is 0 Å². The highest BCUT2D eigenvalue weighted by molar-refractivity contribution is 6.16. The third-order valence-electron chi connectivity index (χ3n) is 4.65. The van der Waals surface area contributed by atoms with Crippen LogP contribution in [0.25, 0.3) is 5.57 Å². The van der Waals surface area contributed by atoms with Gasteiger partial charge < -0.3 is 14.2 Å². The van der Waals surface area contributed by atoms with Gasteiger partial charge in [-0.15, -0.1) is 5.10 Å². The molecule has 0 amide bonds. The van der Waals surface area contributed by atoms with E-state index in [0.29, 0.717) is 23.6 Å². The van der Waals surface area contributed by atoms with Crippen LogP contribution in [0.3, 0.4) is 0 Å². The van der Waals surface area contributed by atoms with E-state index in [1.165, 1.54) is 25.2 Å². The molecule has 0 aliphatic heterocycles. The molecule has 0 aliphatic carbocycles. The van der Waals surface area contributed by atoms with Gasteiger partial charge in [-0.2, -0.15) is 4.39 Å². The SMILES string of the molecule is CCCC(C)Cn1nc(OCc2ccccc2/C(=C\OC)C(=O)OC)c(C)c1F. The number of ether oxygens (including phenoxy) is 3. The molecule has 1 aromatic carbocycles. The minimum Gasteiger partial charge on any atom is -0.503 e. The zero-order valence-electron chi connectivity index (χ0n) is 17.7. The van der Waals surface area contributed by atoms with E-state index < -0.39 is 5.97 Å². The van der Waals surface area contributed by atoms with Crippen LogP contribution in [0.5, 0.6) is 5.88 Å². The number of carbonyl (C=O) groups is 1. The highest BCUT2D eigenvalue weighted by Gasteiger charge is 2.20. The largest absolute Gasteiger partial charge is 0.503 e. The fraction of sp³-hybridized carbons (Fsp3) is 0.455. The lowest BCUT2D eigenvalue weighted by atomic mass is 10.0. The number of hydrogen-bond donors (Lipinski definition) is 0. The Balaban J connectivity index is 2.23. The second-order valence-corrected chi connectivity index (χ2v) is 7.00. The van der Waals surface area contributed by atoms with Gasteiger partial charge in [0.1, 0.15) is 12.2 Å². The van der Waals surface area contributed by atoms with E-state index in [-0.39, 0.29) is 24.0 Å². The quantitative estimate of drug-likeness (QED) is 0.331. The van der Waals surface area contributed by atoms with Gasteiger partial charge in [0.05, 0.1) is 26.0 Å². The van der Waals surface area contributed by atoms with Crippen LogP contribution in [0, 0.1) is 18.8 Å². The number of rotatable bonds is 10. The van der Waals surface area contributed by atoms with Crippen molar-refractivity contribution in [2.75, 3.05) is 14.2 Å². The van der Waals surface area contributed by atoms with Gasteiger partial charge in [0.15, 0.2) is 0 Å². The summed E-state index contributed by atoms with van der Waals surface area (Å²) in [5, 5.41) is 4.30. The highest BCUT2D eigenvalue weighted by atomic mass is 19.1. The van der Waals surface area contributed by atoms with Crippen LogP contribution in [0.2, 0.25) is 0 Å². The van der Waals surface area contributed by atoms with E-state index in [1.807, 2.05) is 12.1 Å². The number of carbonyl (C=O) groups excluding carboxylic acids is 1. The van der Waals surface area contributed by atoms with E-state index >= 15 is 0 Å². The Morgan fingerprint density at radius 3 is 2.69 bits per heavy atom. The van der Waals surface area contributed by atoms with Gasteiger partial charge in [0, 0.05) is 6.54 Å². The van der Waals surface area contributed by atoms with Crippen LogP contribution in [0.1, 0.15) is 43.4 Å². The minimum atomic E-state index is -0.518. The molecular formula is C22H29FN2O4. The van der Waals surface area contributed by atoms with Crippen molar-refractivity contribution in [2.24, 2.45) is 5.92 Å². The molecule has 0 bridgehead atoms. The molecule has 6 nitrogen and oxygen atoms in total. The molecule has 158 valence electrons. The number of aromatic nitrogens is 2. The van der Waals surface area contributed by atoms with Crippen LogP contribution in [0.4, 0.5) is 4.39 Å². The molecule has 0 saturated heterocycles. The summed E-state index contributed by atoms with van der Waals surface area (Å²) in [6.45, 7) is 6.45. The predicted octanol–water partition coefficient (Wildman–Crippen LogP) is 4.51. The molecule has 1 heterocycles. The Morgan fingerprint density at radius 1 is 1.31 bits per heavy atom. The van der Waals surface area contributed by atoms with Gasteiger partial charge >= 0.3 is 5.97 Å². The maximum absolute atomic E-state index is 14.5. The zero-order valence-corrected chi connectivity index (χ0v) is 17.7. The first kappa shape index (κ1) is 22.5. The summed E-state index contributed by atoms with van der Waals surface area (Å²) in [5.74, 6) is -0.331. The first-order chi connectivity index (χ1) is 13.9. The Labute approximate surface area is 171 Å². The molecule has 7 heteroatoms. The normalized spacial score (nSPS) is 12.6. The van der Waals surface area contributed by atoms with Gasteiger partial charge in [0.2, 0.25) is 11.8 Å². The lowest BCUT2D eigenvalue weighted by Gasteiger charge is -2.12. The van der Waals surface area contributed by atoms with Crippen LogP contribution in [-0.2, 0) is 27.4 Å². The smallest absolute Gasteiger partial charge is 0.341 e. The van der Waals surface area contributed by atoms with Crippen molar-refractivity contribution in [1.82, 2.24) is 9.78 Å². The molecule has 29 heavy (non-hydrogen) atoms. The molecule has 2 rings (SSSR count). The number of hydrogen-bond acceptors (Lipinski definition) is 5. The molecule has 0 radical (unpaired) electrons. The lowest BCUT2D eigenvalue weighted by Crippen LogP contribution is -2.11. The summed E-state index contributed by atoms with van der Waals surface area (Å²) >= 11 is 0. The van der Waals surface area contributed by atoms with Crippen LogP contribution in [-0.4, -0.2) is 30.0 Å². The van der Waals surface area contributed by atoms with Crippen molar-refractivity contribution >= 4 is 11.5 Å². The van der Waals surface area contributed by atoms with Crippen LogP contribution < -0.4 is 4.74 Å². The maximum Gasteiger partial charge on any atom is 0.341 e. The third-order valence-corrected chi connectivity index (χ3v) is 4.65. The van der Waals surface area contributed by atoms with Gasteiger partial charge in [-0.1, -0.05) is 44.5 Å². The van der Waals surface area contributed by atoms with Crippen molar-refractivity contribution in [3.8, 4) is 5.88 Å². The van der Waals surface area contributed by atoms with E-state index in [1.54, 1.807) is 19.1 Å². The number of halogens is 1. The Morgan fingerprint density at radius 2 is 2.03 bits per heavy atom. The van der Waals surface area contributed by atoms with Crippen molar-refractivity contribution in [2.45, 2.75) is 46.8 Å². The van der Waals surface area contributed by atoms with Crippen LogP contribution >= 0.6 is 0 Å². The molecule has 2 aromatic rings. The third kappa shape index (κ3) is 5.59. The lowest BCUT2D eigenvalue weighted by molar-refractivity contribution is -0.133. The van der Waals surface area contributed by atoms with E-state index in [9.17, 15) is 9.18 Å². The average Bonchev–Trinajstić information content (AvgIpc) is 2.98. The first-order valence-electron chi connectivity index (χ1n) is 9.68. The fourth-order valence-corrected chi connectivity index (χ4v) is 3.15. The summed E-state index contributed by atoms with van der Waals surface area (Å²) in [4.78, 5) is 12.1. The van der Waals surface area contributed by atoms with Crippen molar-refractivity contribution in [3.05, 3.63) is 53.2 Å². The van der Waals surface area contributed by atoms with Gasteiger partial charge in [-0.05, 0) is 30.4 Å². The second-order valence-electron chi connectivity index (χ2n) is 7.00. The molecule has 0 saturated carbocycles. The summed E-state index contributed by atoms with van der Waals surface area (Å²) in [6, 6.07) is 7.25. The van der Waals surface area contributed by atoms with Gasteiger partial charge in [0.25, 0.3) is 0 Å². The monoisotopic (exact) mass is 404 g/mol. The van der Waals surface area contributed by atoms with Crippen molar-refractivity contribution in [1.29, 1.82) is 0 Å². The molecule has 0 spiro atoms. The molecule has 1 atom stereocenters. The minimum absolute atomic E-state index is 0.121. The molecule has 1 aromatic heterocycles. The van der Waals surface area contributed by atoms with Gasteiger partial charge in [-0.3, -0.25) is 0 Å². The second kappa shape index (κ2) is 10.6. The summed E-state index contributed by atoms with van der Waals surface area (Å²) < 4.78 is 31.6. The molecular weight excluding hydrogens is 375 g/mol. The number of methoxy groups -OCH3 is 2. The first-order valence-corrected chi connectivity index (χ1v) is 9.68. The zero-order chi connectivity index (χ0) is 21.4. The topological polar surface area (TPSA) is 62.6 Å². The maximum atomic E-state index is 14.5. The number of benzene rings is 1.